The lowest BCUT2D eigenvalue weighted by molar-refractivity contribution is 0.243. The second kappa shape index (κ2) is 7.48. The molecule has 1 aromatic heterocycles. The van der Waals surface area contributed by atoms with Gasteiger partial charge in [0.2, 0.25) is 5.89 Å². The number of aliphatic imine (C=N–C) groups is 1. The zero-order valence-electron chi connectivity index (χ0n) is 15.0. The van der Waals surface area contributed by atoms with Crippen LogP contribution in [0.3, 0.4) is 0 Å². The van der Waals surface area contributed by atoms with Crippen molar-refractivity contribution >= 4 is 17.6 Å². The van der Waals surface area contributed by atoms with Crippen LogP contribution in [0.2, 0.25) is 5.02 Å². The first kappa shape index (κ1) is 17.8. The Bertz CT molecular complexity index is 728. The van der Waals surface area contributed by atoms with Gasteiger partial charge in [-0.05, 0) is 44.4 Å². The number of hydrogen-bond acceptors (Lipinski definition) is 3. The van der Waals surface area contributed by atoms with E-state index in [1.54, 1.807) is 7.05 Å². The lowest BCUT2D eigenvalue weighted by Crippen LogP contribution is -2.48. The molecule has 0 atom stereocenters. The summed E-state index contributed by atoms with van der Waals surface area (Å²) in [4.78, 5) is 8.69. The van der Waals surface area contributed by atoms with E-state index in [2.05, 4.69) is 32.7 Å². The SMILES string of the molecule is CN=C(NCc1nc(C)c(C)o1)NCC1(c2ccc(Cl)cc2)CCC1. The molecule has 2 N–H and O–H groups in total. The van der Waals surface area contributed by atoms with Gasteiger partial charge in [-0.25, -0.2) is 4.98 Å². The summed E-state index contributed by atoms with van der Waals surface area (Å²) >= 11 is 6.03. The molecule has 1 heterocycles. The van der Waals surface area contributed by atoms with Gasteiger partial charge in [0.05, 0.1) is 12.2 Å². The molecule has 0 bridgehead atoms. The number of hydrogen-bond donors (Lipinski definition) is 2. The third kappa shape index (κ3) is 3.98. The predicted molar refractivity (Wildman–Crippen MR) is 101 cm³/mol. The lowest BCUT2D eigenvalue weighted by atomic mass is 9.64. The number of halogens is 1. The van der Waals surface area contributed by atoms with Gasteiger partial charge in [0, 0.05) is 24.0 Å². The molecule has 0 amide bonds. The topological polar surface area (TPSA) is 62.5 Å². The highest BCUT2D eigenvalue weighted by Gasteiger charge is 2.38. The van der Waals surface area contributed by atoms with Crippen LogP contribution in [0.5, 0.6) is 0 Å². The average Bonchev–Trinajstić information content (AvgIpc) is 2.89. The van der Waals surface area contributed by atoms with Crippen LogP contribution in [0.25, 0.3) is 0 Å². The Hall–Kier alpha value is -2.01. The monoisotopic (exact) mass is 360 g/mol. The third-order valence-corrected chi connectivity index (χ3v) is 5.32. The molecule has 25 heavy (non-hydrogen) atoms. The molecule has 0 saturated heterocycles. The van der Waals surface area contributed by atoms with Crippen molar-refractivity contribution in [1.82, 2.24) is 15.6 Å². The van der Waals surface area contributed by atoms with Gasteiger partial charge in [-0.2, -0.15) is 0 Å². The van der Waals surface area contributed by atoms with Crippen LogP contribution in [0.1, 0.15) is 42.2 Å². The van der Waals surface area contributed by atoms with Gasteiger partial charge in [-0.3, -0.25) is 4.99 Å². The molecule has 0 radical (unpaired) electrons. The third-order valence-electron chi connectivity index (χ3n) is 5.06. The molecular weight excluding hydrogens is 336 g/mol. The van der Waals surface area contributed by atoms with Crippen LogP contribution in [-0.2, 0) is 12.0 Å². The molecule has 0 aliphatic heterocycles. The first-order valence-electron chi connectivity index (χ1n) is 8.66. The van der Waals surface area contributed by atoms with Gasteiger partial charge in [0.25, 0.3) is 0 Å². The maximum Gasteiger partial charge on any atom is 0.214 e. The second-order valence-electron chi connectivity index (χ2n) is 6.67. The van der Waals surface area contributed by atoms with E-state index < -0.39 is 0 Å². The minimum atomic E-state index is 0.165. The molecule has 1 saturated carbocycles. The lowest BCUT2D eigenvalue weighted by Gasteiger charge is -2.43. The van der Waals surface area contributed by atoms with Crippen molar-refractivity contribution in [1.29, 1.82) is 0 Å². The van der Waals surface area contributed by atoms with Crippen molar-refractivity contribution in [3.05, 3.63) is 52.2 Å². The van der Waals surface area contributed by atoms with E-state index in [4.69, 9.17) is 16.0 Å². The molecule has 2 aromatic rings. The van der Waals surface area contributed by atoms with Crippen LogP contribution < -0.4 is 10.6 Å². The van der Waals surface area contributed by atoms with Crippen molar-refractivity contribution in [2.75, 3.05) is 13.6 Å². The molecule has 3 rings (SSSR count). The first-order chi connectivity index (χ1) is 12.0. The van der Waals surface area contributed by atoms with E-state index in [0.717, 1.165) is 29.0 Å². The normalized spacial score (nSPS) is 16.4. The van der Waals surface area contributed by atoms with E-state index >= 15 is 0 Å². The Labute approximate surface area is 153 Å². The smallest absolute Gasteiger partial charge is 0.214 e. The summed E-state index contributed by atoms with van der Waals surface area (Å²) < 4.78 is 5.60. The van der Waals surface area contributed by atoms with E-state index in [1.807, 2.05) is 26.0 Å². The van der Waals surface area contributed by atoms with E-state index in [9.17, 15) is 0 Å². The average molecular weight is 361 g/mol. The largest absolute Gasteiger partial charge is 0.444 e. The fourth-order valence-electron chi connectivity index (χ4n) is 3.22. The Kier molecular flexibility index (Phi) is 5.33. The first-order valence-corrected chi connectivity index (χ1v) is 9.04. The van der Waals surface area contributed by atoms with Gasteiger partial charge in [0.1, 0.15) is 5.76 Å². The molecule has 134 valence electrons. The van der Waals surface area contributed by atoms with Gasteiger partial charge >= 0.3 is 0 Å². The zero-order chi connectivity index (χ0) is 17.9. The maximum atomic E-state index is 6.03. The highest BCUT2D eigenvalue weighted by Crippen LogP contribution is 2.43. The number of nitrogens with zero attached hydrogens (tertiary/aromatic N) is 2. The van der Waals surface area contributed by atoms with Crippen LogP contribution in [0.4, 0.5) is 0 Å². The van der Waals surface area contributed by atoms with Crippen molar-refractivity contribution < 1.29 is 4.42 Å². The summed E-state index contributed by atoms with van der Waals surface area (Å²) in [5.74, 6) is 2.29. The summed E-state index contributed by atoms with van der Waals surface area (Å²) in [5.41, 5.74) is 2.43. The van der Waals surface area contributed by atoms with Crippen LogP contribution in [-0.4, -0.2) is 24.5 Å². The molecular formula is C19H25ClN4O. The van der Waals surface area contributed by atoms with Crippen molar-refractivity contribution in [2.45, 2.75) is 45.1 Å². The van der Waals surface area contributed by atoms with E-state index in [1.165, 1.54) is 24.8 Å². The van der Waals surface area contributed by atoms with Gasteiger partial charge in [-0.1, -0.05) is 30.2 Å². The molecule has 1 aromatic carbocycles. The molecule has 5 nitrogen and oxygen atoms in total. The summed E-state index contributed by atoms with van der Waals surface area (Å²) in [6.07, 6.45) is 3.61. The molecule has 0 spiro atoms. The van der Waals surface area contributed by atoms with Crippen molar-refractivity contribution in [3.63, 3.8) is 0 Å². The van der Waals surface area contributed by atoms with Crippen molar-refractivity contribution in [3.8, 4) is 0 Å². The van der Waals surface area contributed by atoms with Crippen LogP contribution in [0.15, 0.2) is 33.7 Å². The number of benzene rings is 1. The standard InChI is InChI=1S/C19H25ClN4O/c1-13-14(2)25-17(24-13)11-22-18(21-3)23-12-19(9-4-10-19)15-5-7-16(20)8-6-15/h5-8H,4,9-12H2,1-3H3,(H2,21,22,23). The van der Waals surface area contributed by atoms with Gasteiger partial charge in [0.15, 0.2) is 5.96 Å². The number of nitrogens with one attached hydrogen (secondary N) is 2. The van der Waals surface area contributed by atoms with Gasteiger partial charge in [-0.15, -0.1) is 0 Å². The number of aromatic nitrogens is 1. The van der Waals surface area contributed by atoms with Gasteiger partial charge < -0.3 is 15.1 Å². The number of aryl methyl sites for hydroxylation is 2. The Morgan fingerprint density at radius 3 is 2.48 bits per heavy atom. The summed E-state index contributed by atoms with van der Waals surface area (Å²) in [6.45, 7) is 5.23. The van der Waals surface area contributed by atoms with Crippen LogP contribution in [0, 0.1) is 13.8 Å². The van der Waals surface area contributed by atoms with Crippen molar-refractivity contribution in [2.24, 2.45) is 4.99 Å². The Morgan fingerprint density at radius 2 is 1.96 bits per heavy atom. The minimum Gasteiger partial charge on any atom is -0.444 e. The molecule has 1 aliphatic carbocycles. The molecule has 0 unspecified atom stereocenters. The van der Waals surface area contributed by atoms with E-state index in [-0.39, 0.29) is 5.41 Å². The fraction of sp³-hybridized carbons (Fsp3) is 0.474. The minimum absolute atomic E-state index is 0.165. The summed E-state index contributed by atoms with van der Waals surface area (Å²) in [7, 11) is 1.77. The summed E-state index contributed by atoms with van der Waals surface area (Å²) in [6, 6.07) is 8.21. The molecule has 6 heteroatoms. The summed E-state index contributed by atoms with van der Waals surface area (Å²) in [5, 5.41) is 7.50. The fourth-order valence-corrected chi connectivity index (χ4v) is 3.35. The van der Waals surface area contributed by atoms with Crippen LogP contribution >= 0.6 is 11.6 Å². The number of oxazole rings is 1. The number of guanidine groups is 1. The number of rotatable bonds is 5. The Balaban J connectivity index is 1.59. The maximum absolute atomic E-state index is 6.03. The zero-order valence-corrected chi connectivity index (χ0v) is 15.8. The Morgan fingerprint density at radius 1 is 1.24 bits per heavy atom. The predicted octanol–water partition coefficient (Wildman–Crippen LogP) is 3.73. The molecule has 1 fully saturated rings. The second-order valence-corrected chi connectivity index (χ2v) is 7.11. The molecule has 1 aliphatic rings. The highest BCUT2D eigenvalue weighted by molar-refractivity contribution is 6.30. The highest BCUT2D eigenvalue weighted by atomic mass is 35.5. The quantitative estimate of drug-likeness (QED) is 0.630. The van der Waals surface area contributed by atoms with E-state index in [0.29, 0.717) is 12.4 Å².